The van der Waals surface area contributed by atoms with Crippen LogP contribution >= 0.6 is 11.3 Å². The summed E-state index contributed by atoms with van der Waals surface area (Å²) in [5, 5.41) is 2.94. The minimum atomic E-state index is -0.257. The van der Waals surface area contributed by atoms with Crippen molar-refractivity contribution < 1.29 is 9.53 Å². The van der Waals surface area contributed by atoms with Crippen LogP contribution in [0, 0.1) is 6.92 Å². The number of rotatable bonds is 6. The van der Waals surface area contributed by atoms with Crippen molar-refractivity contribution in [3.63, 3.8) is 0 Å². The molecule has 5 rings (SSSR count). The van der Waals surface area contributed by atoms with Gasteiger partial charge in [-0.15, -0.1) is 11.3 Å². The lowest BCUT2D eigenvalue weighted by molar-refractivity contribution is -0.116. The molecule has 2 aromatic carbocycles. The summed E-state index contributed by atoms with van der Waals surface area (Å²) in [6, 6.07) is 15.7. The van der Waals surface area contributed by atoms with Gasteiger partial charge >= 0.3 is 0 Å². The fraction of sp³-hybridized carbons (Fsp3) is 0.269. The molecule has 3 heterocycles. The first-order valence-electron chi connectivity index (χ1n) is 11.3. The minimum Gasteiger partial charge on any atom is -0.497 e. The SMILES string of the molecule is COc1ccc(-c2cc3ncn(CC(=O)Nc4ccc(N5CCCC5)cc4C)c(=O)c3s2)cc1. The maximum atomic E-state index is 13.0. The van der Waals surface area contributed by atoms with Gasteiger partial charge in [-0.05, 0) is 79.4 Å². The molecule has 8 heteroatoms. The molecule has 0 aliphatic carbocycles. The fourth-order valence-electron chi connectivity index (χ4n) is 4.26. The van der Waals surface area contributed by atoms with Crippen LogP contribution in [-0.4, -0.2) is 35.7 Å². The molecule has 1 amide bonds. The van der Waals surface area contributed by atoms with Gasteiger partial charge in [-0.1, -0.05) is 0 Å². The van der Waals surface area contributed by atoms with Crippen LogP contribution in [0.1, 0.15) is 18.4 Å². The van der Waals surface area contributed by atoms with E-state index in [2.05, 4.69) is 21.3 Å². The van der Waals surface area contributed by atoms with Crippen molar-refractivity contribution in [2.75, 3.05) is 30.4 Å². The highest BCUT2D eigenvalue weighted by Gasteiger charge is 2.15. The fourth-order valence-corrected chi connectivity index (χ4v) is 5.33. The highest BCUT2D eigenvalue weighted by molar-refractivity contribution is 7.22. The van der Waals surface area contributed by atoms with E-state index in [0.29, 0.717) is 10.2 Å². The number of carbonyl (C=O) groups excluding carboxylic acids is 1. The first-order valence-corrected chi connectivity index (χ1v) is 12.1. The standard InChI is InChI=1S/C26H26N4O3S/c1-17-13-19(29-11-3-4-12-29)7-10-21(17)28-24(31)15-30-16-27-22-14-23(34-25(22)26(30)32)18-5-8-20(33-2)9-6-18/h5-10,13-14,16H,3-4,11-12,15H2,1-2H3,(H,28,31). The summed E-state index contributed by atoms with van der Waals surface area (Å²) >= 11 is 1.38. The van der Waals surface area contributed by atoms with Crippen molar-refractivity contribution in [3.8, 4) is 16.2 Å². The average Bonchev–Trinajstić information content (AvgIpc) is 3.53. The smallest absolute Gasteiger partial charge is 0.271 e. The van der Waals surface area contributed by atoms with Gasteiger partial charge in [-0.25, -0.2) is 4.98 Å². The molecule has 7 nitrogen and oxygen atoms in total. The zero-order valence-electron chi connectivity index (χ0n) is 19.2. The number of hydrogen-bond donors (Lipinski definition) is 1. The van der Waals surface area contributed by atoms with Gasteiger partial charge in [-0.3, -0.25) is 14.2 Å². The summed E-state index contributed by atoms with van der Waals surface area (Å²) < 4.78 is 7.11. The van der Waals surface area contributed by atoms with Crippen LogP contribution < -0.4 is 20.5 Å². The Balaban J connectivity index is 1.32. The topological polar surface area (TPSA) is 76.5 Å². The van der Waals surface area contributed by atoms with Gasteiger partial charge in [-0.2, -0.15) is 0 Å². The molecule has 174 valence electrons. The maximum absolute atomic E-state index is 13.0. The van der Waals surface area contributed by atoms with E-state index in [4.69, 9.17) is 4.74 Å². The number of aryl methyl sites for hydroxylation is 1. The van der Waals surface area contributed by atoms with Crippen molar-refractivity contribution in [2.24, 2.45) is 0 Å². The second kappa shape index (κ2) is 9.30. The number of benzene rings is 2. The van der Waals surface area contributed by atoms with Crippen LogP contribution in [0.3, 0.4) is 0 Å². The molecule has 34 heavy (non-hydrogen) atoms. The number of thiophene rings is 1. The monoisotopic (exact) mass is 474 g/mol. The lowest BCUT2D eigenvalue weighted by Gasteiger charge is -2.19. The summed E-state index contributed by atoms with van der Waals surface area (Å²) in [6.45, 7) is 4.05. The second-order valence-corrected chi connectivity index (χ2v) is 9.52. The molecule has 0 radical (unpaired) electrons. The number of anilines is 2. The van der Waals surface area contributed by atoms with Crippen LogP contribution in [0.25, 0.3) is 20.7 Å². The Morgan fingerprint density at radius 1 is 1.12 bits per heavy atom. The number of aromatic nitrogens is 2. The summed E-state index contributed by atoms with van der Waals surface area (Å²) in [4.78, 5) is 33.5. The predicted octanol–water partition coefficient (Wildman–Crippen LogP) is 4.68. The van der Waals surface area contributed by atoms with E-state index in [9.17, 15) is 9.59 Å². The third kappa shape index (κ3) is 4.41. The Hall–Kier alpha value is -3.65. The maximum Gasteiger partial charge on any atom is 0.271 e. The number of hydrogen-bond acceptors (Lipinski definition) is 6. The zero-order valence-corrected chi connectivity index (χ0v) is 20.0. The Morgan fingerprint density at radius 3 is 2.59 bits per heavy atom. The first kappa shape index (κ1) is 22.2. The number of nitrogens with zero attached hydrogens (tertiary/aromatic N) is 3. The van der Waals surface area contributed by atoms with Crippen LogP contribution in [0.5, 0.6) is 5.75 Å². The number of amides is 1. The molecular formula is C26H26N4O3S. The molecule has 1 aliphatic heterocycles. The van der Waals surface area contributed by atoms with Gasteiger partial charge in [0.25, 0.3) is 5.56 Å². The number of carbonyl (C=O) groups is 1. The molecule has 1 fully saturated rings. The van der Waals surface area contributed by atoms with Crippen LogP contribution in [0.2, 0.25) is 0 Å². The quantitative estimate of drug-likeness (QED) is 0.439. The number of fused-ring (bicyclic) bond motifs is 1. The summed E-state index contributed by atoms with van der Waals surface area (Å²) in [7, 11) is 1.63. The van der Waals surface area contributed by atoms with Crippen molar-refractivity contribution in [1.82, 2.24) is 9.55 Å². The largest absolute Gasteiger partial charge is 0.497 e. The third-order valence-electron chi connectivity index (χ3n) is 6.15. The molecule has 0 atom stereocenters. The molecule has 0 unspecified atom stereocenters. The molecule has 0 spiro atoms. The lowest BCUT2D eigenvalue weighted by atomic mass is 10.1. The van der Waals surface area contributed by atoms with Crippen molar-refractivity contribution >= 4 is 38.8 Å². The molecule has 0 bridgehead atoms. The molecule has 4 aromatic rings. The van der Waals surface area contributed by atoms with E-state index in [1.807, 2.05) is 49.4 Å². The normalized spacial score (nSPS) is 13.4. The molecule has 1 saturated heterocycles. The van der Waals surface area contributed by atoms with E-state index in [1.165, 1.54) is 40.8 Å². The van der Waals surface area contributed by atoms with Gasteiger partial charge in [0.05, 0.1) is 19.0 Å². The van der Waals surface area contributed by atoms with Crippen molar-refractivity contribution in [1.29, 1.82) is 0 Å². The van der Waals surface area contributed by atoms with Crippen LogP contribution in [0.15, 0.2) is 59.7 Å². The van der Waals surface area contributed by atoms with E-state index in [1.54, 1.807) is 7.11 Å². The average molecular weight is 475 g/mol. The van der Waals surface area contributed by atoms with Crippen molar-refractivity contribution in [3.05, 3.63) is 70.8 Å². The lowest BCUT2D eigenvalue weighted by Crippen LogP contribution is -2.27. The minimum absolute atomic E-state index is 0.0924. The number of methoxy groups -OCH3 is 1. The summed E-state index contributed by atoms with van der Waals surface area (Å²) in [5.41, 5.74) is 4.34. The Kier molecular flexibility index (Phi) is 6.06. The van der Waals surface area contributed by atoms with Crippen LogP contribution in [-0.2, 0) is 11.3 Å². The number of ether oxygens (including phenoxy) is 1. The Morgan fingerprint density at radius 2 is 1.88 bits per heavy atom. The Bertz CT molecular complexity index is 1400. The van der Waals surface area contributed by atoms with E-state index >= 15 is 0 Å². The van der Waals surface area contributed by atoms with Gasteiger partial charge in [0, 0.05) is 29.3 Å². The van der Waals surface area contributed by atoms with Gasteiger partial charge < -0.3 is 15.0 Å². The first-order chi connectivity index (χ1) is 16.5. The van der Waals surface area contributed by atoms with Crippen molar-refractivity contribution in [2.45, 2.75) is 26.3 Å². The van der Waals surface area contributed by atoms with E-state index in [-0.39, 0.29) is 18.0 Å². The zero-order chi connectivity index (χ0) is 23.7. The third-order valence-corrected chi connectivity index (χ3v) is 7.31. The molecule has 2 aromatic heterocycles. The Labute approximate surface area is 201 Å². The molecular weight excluding hydrogens is 448 g/mol. The van der Waals surface area contributed by atoms with E-state index < -0.39 is 0 Å². The number of nitrogens with one attached hydrogen (secondary N) is 1. The highest BCUT2D eigenvalue weighted by atomic mass is 32.1. The molecule has 0 saturated carbocycles. The van der Waals surface area contributed by atoms with E-state index in [0.717, 1.165) is 40.5 Å². The summed E-state index contributed by atoms with van der Waals surface area (Å²) in [6.07, 6.45) is 3.88. The molecule has 1 N–H and O–H groups in total. The van der Waals surface area contributed by atoms with Crippen LogP contribution in [0.4, 0.5) is 11.4 Å². The van der Waals surface area contributed by atoms with Gasteiger partial charge in [0.15, 0.2) is 0 Å². The highest BCUT2D eigenvalue weighted by Crippen LogP contribution is 2.32. The van der Waals surface area contributed by atoms with Gasteiger partial charge in [0.1, 0.15) is 17.0 Å². The summed E-state index contributed by atoms with van der Waals surface area (Å²) in [5.74, 6) is 0.518. The van der Waals surface area contributed by atoms with Gasteiger partial charge in [0.2, 0.25) is 5.91 Å². The predicted molar refractivity (Wildman–Crippen MR) is 137 cm³/mol. The second-order valence-electron chi connectivity index (χ2n) is 8.47. The molecule has 1 aliphatic rings.